The van der Waals surface area contributed by atoms with Crippen molar-refractivity contribution < 1.29 is 8.60 Å². The molecule has 0 saturated heterocycles. The van der Waals surface area contributed by atoms with Crippen LogP contribution in [-0.2, 0) is 18.0 Å². The standard InChI is InChI=1S/C16H17FN4OS/c1-16(2,3)23(22)20-15(14-9-19-10-21(14)4)11-5-6-12(8-18)13(17)7-11/h5-7,9-10H,1-4H3/b20-15-/t23-/m1/s1. The summed E-state index contributed by atoms with van der Waals surface area (Å²) < 4.78 is 31.8. The maximum absolute atomic E-state index is 13.9. The van der Waals surface area contributed by atoms with Crippen LogP contribution in [0.5, 0.6) is 0 Å². The van der Waals surface area contributed by atoms with Crippen LogP contribution in [0.3, 0.4) is 0 Å². The van der Waals surface area contributed by atoms with Gasteiger partial charge in [-0.2, -0.15) is 9.66 Å². The zero-order valence-corrected chi connectivity index (χ0v) is 14.2. The van der Waals surface area contributed by atoms with Gasteiger partial charge in [0.25, 0.3) is 0 Å². The monoisotopic (exact) mass is 332 g/mol. The van der Waals surface area contributed by atoms with Crippen LogP contribution in [0.15, 0.2) is 35.1 Å². The van der Waals surface area contributed by atoms with Crippen molar-refractivity contribution in [3.05, 3.63) is 53.4 Å². The zero-order chi connectivity index (χ0) is 17.2. The van der Waals surface area contributed by atoms with Crippen molar-refractivity contribution in [1.82, 2.24) is 9.55 Å². The van der Waals surface area contributed by atoms with E-state index < -0.39 is 21.5 Å². The van der Waals surface area contributed by atoms with Crippen LogP contribution in [-0.4, -0.2) is 24.2 Å². The fraction of sp³-hybridized carbons (Fsp3) is 0.312. The van der Waals surface area contributed by atoms with Gasteiger partial charge in [0.2, 0.25) is 0 Å². The van der Waals surface area contributed by atoms with Crippen molar-refractivity contribution in [2.75, 3.05) is 0 Å². The van der Waals surface area contributed by atoms with E-state index in [-0.39, 0.29) is 5.56 Å². The first-order valence-electron chi connectivity index (χ1n) is 6.91. The van der Waals surface area contributed by atoms with E-state index >= 15 is 0 Å². The summed E-state index contributed by atoms with van der Waals surface area (Å²) in [7, 11) is 0.261. The van der Waals surface area contributed by atoms with Crippen LogP contribution >= 0.6 is 0 Å². The first kappa shape index (κ1) is 17.0. The SMILES string of the molecule is Cn1cncc1/C(=N\[S@](=O)C(C)(C)C)c1ccc(C#N)c(F)c1. The van der Waals surface area contributed by atoms with E-state index in [1.54, 1.807) is 36.3 Å². The Morgan fingerprint density at radius 1 is 1.43 bits per heavy atom. The Kier molecular flexibility index (Phi) is 4.76. The summed E-state index contributed by atoms with van der Waals surface area (Å²) in [5, 5.41) is 8.85. The molecular weight excluding hydrogens is 315 g/mol. The van der Waals surface area contributed by atoms with Crippen molar-refractivity contribution in [3.63, 3.8) is 0 Å². The number of hydrogen-bond acceptors (Lipinski definition) is 3. The maximum atomic E-state index is 13.9. The van der Waals surface area contributed by atoms with Gasteiger partial charge in [-0.3, -0.25) is 0 Å². The molecule has 1 aromatic heterocycles. The van der Waals surface area contributed by atoms with Gasteiger partial charge in [-0.15, -0.1) is 0 Å². The molecular formula is C16H17FN4OS. The summed E-state index contributed by atoms with van der Waals surface area (Å²) in [4.78, 5) is 4.03. The third-order valence-electron chi connectivity index (χ3n) is 3.12. The normalized spacial score (nSPS) is 13.7. The first-order chi connectivity index (χ1) is 10.7. The number of nitrogens with zero attached hydrogens (tertiary/aromatic N) is 4. The van der Waals surface area contributed by atoms with Gasteiger partial charge in [-0.05, 0) is 32.9 Å². The molecule has 7 heteroatoms. The Hall–Kier alpha value is -2.33. The summed E-state index contributed by atoms with van der Waals surface area (Å²) in [6.45, 7) is 5.44. The lowest BCUT2D eigenvalue weighted by Gasteiger charge is -2.15. The number of aryl methyl sites for hydroxylation is 1. The molecule has 0 unspecified atom stereocenters. The molecule has 0 amide bonds. The van der Waals surface area contributed by atoms with Gasteiger partial charge in [0.15, 0.2) is 0 Å². The Morgan fingerprint density at radius 2 is 2.13 bits per heavy atom. The average Bonchev–Trinajstić information content (AvgIpc) is 2.89. The molecule has 0 aliphatic rings. The molecule has 0 N–H and O–H groups in total. The molecule has 1 heterocycles. The molecule has 5 nitrogen and oxygen atoms in total. The number of benzene rings is 1. The van der Waals surface area contributed by atoms with E-state index in [1.165, 1.54) is 12.1 Å². The summed E-state index contributed by atoms with van der Waals surface area (Å²) >= 11 is 0. The summed E-state index contributed by atoms with van der Waals surface area (Å²) in [6.07, 6.45) is 3.17. The molecule has 2 rings (SSSR count). The van der Waals surface area contributed by atoms with Crippen LogP contribution < -0.4 is 0 Å². The summed E-state index contributed by atoms with van der Waals surface area (Å²) in [5.41, 5.74) is 1.39. The van der Waals surface area contributed by atoms with Crippen LogP contribution in [0.4, 0.5) is 4.39 Å². The highest BCUT2D eigenvalue weighted by atomic mass is 32.2. The molecule has 0 aliphatic heterocycles. The molecule has 0 aliphatic carbocycles. The lowest BCUT2D eigenvalue weighted by Crippen LogP contribution is -2.22. The topological polar surface area (TPSA) is 71.0 Å². The first-order valence-corrected chi connectivity index (χ1v) is 8.02. The van der Waals surface area contributed by atoms with Gasteiger partial charge in [0, 0.05) is 12.6 Å². The van der Waals surface area contributed by atoms with Gasteiger partial charge < -0.3 is 4.57 Å². The quantitative estimate of drug-likeness (QED) is 0.811. The number of imidazole rings is 1. The molecule has 1 aromatic carbocycles. The van der Waals surface area contributed by atoms with E-state index in [2.05, 4.69) is 9.38 Å². The maximum Gasteiger partial charge on any atom is 0.145 e. The van der Waals surface area contributed by atoms with Crippen LogP contribution in [0.2, 0.25) is 0 Å². The number of halogens is 1. The van der Waals surface area contributed by atoms with Gasteiger partial charge >= 0.3 is 0 Å². The minimum absolute atomic E-state index is 0.0463. The van der Waals surface area contributed by atoms with Gasteiger partial charge in [0.05, 0.1) is 28.5 Å². The Labute approximate surface area is 137 Å². The highest BCUT2D eigenvalue weighted by molar-refractivity contribution is 7.85. The van der Waals surface area contributed by atoms with E-state index in [9.17, 15) is 8.60 Å². The minimum Gasteiger partial charge on any atom is -0.332 e. The number of hydrogen-bond donors (Lipinski definition) is 0. The van der Waals surface area contributed by atoms with Gasteiger partial charge in [0.1, 0.15) is 28.6 Å². The Morgan fingerprint density at radius 3 is 2.61 bits per heavy atom. The smallest absolute Gasteiger partial charge is 0.145 e. The van der Waals surface area contributed by atoms with Crippen LogP contribution in [0.25, 0.3) is 0 Å². The van der Waals surface area contributed by atoms with Crippen LogP contribution in [0.1, 0.15) is 37.6 Å². The molecule has 120 valence electrons. The molecule has 2 aromatic rings. The predicted octanol–water partition coefficient (Wildman–Crippen LogP) is 2.73. The Bertz CT molecular complexity index is 827. The summed E-state index contributed by atoms with van der Waals surface area (Å²) in [5.74, 6) is -0.638. The predicted molar refractivity (Wildman–Crippen MR) is 87.9 cm³/mol. The highest BCUT2D eigenvalue weighted by Crippen LogP contribution is 2.19. The van der Waals surface area contributed by atoms with Crippen molar-refractivity contribution in [2.45, 2.75) is 25.5 Å². The molecule has 0 bridgehead atoms. The van der Waals surface area contributed by atoms with E-state index in [4.69, 9.17) is 5.26 Å². The number of rotatable bonds is 3. The third-order valence-corrected chi connectivity index (χ3v) is 4.52. The van der Waals surface area contributed by atoms with E-state index in [0.717, 1.165) is 0 Å². The van der Waals surface area contributed by atoms with Crippen LogP contribution in [0, 0.1) is 17.1 Å². The molecule has 23 heavy (non-hydrogen) atoms. The van der Waals surface area contributed by atoms with Crippen molar-refractivity contribution in [2.24, 2.45) is 11.4 Å². The number of nitriles is 1. The van der Waals surface area contributed by atoms with Gasteiger partial charge in [-0.1, -0.05) is 6.07 Å². The molecule has 0 fully saturated rings. The fourth-order valence-electron chi connectivity index (χ4n) is 1.81. The molecule has 0 saturated carbocycles. The fourth-order valence-corrected chi connectivity index (χ4v) is 2.44. The zero-order valence-electron chi connectivity index (χ0n) is 13.4. The lowest BCUT2D eigenvalue weighted by molar-refractivity contribution is 0.623. The lowest BCUT2D eigenvalue weighted by atomic mass is 10.1. The van der Waals surface area contributed by atoms with E-state index in [0.29, 0.717) is 17.0 Å². The summed E-state index contributed by atoms with van der Waals surface area (Å²) in [6, 6.07) is 5.98. The van der Waals surface area contributed by atoms with Crippen molar-refractivity contribution >= 4 is 16.7 Å². The van der Waals surface area contributed by atoms with Crippen molar-refractivity contribution in [1.29, 1.82) is 5.26 Å². The second kappa shape index (κ2) is 6.42. The molecule has 0 spiro atoms. The Balaban J connectivity index is 2.62. The van der Waals surface area contributed by atoms with Gasteiger partial charge in [-0.25, -0.2) is 13.6 Å². The van der Waals surface area contributed by atoms with E-state index in [1.807, 2.05) is 20.8 Å². The highest BCUT2D eigenvalue weighted by Gasteiger charge is 2.22. The second-order valence-corrected chi connectivity index (χ2v) is 7.90. The molecule has 0 radical (unpaired) electrons. The largest absolute Gasteiger partial charge is 0.332 e. The minimum atomic E-state index is -1.52. The second-order valence-electron chi connectivity index (χ2n) is 6.00. The number of aromatic nitrogens is 2. The average molecular weight is 332 g/mol. The van der Waals surface area contributed by atoms with Crippen molar-refractivity contribution in [3.8, 4) is 6.07 Å². The molecule has 1 atom stereocenters. The third kappa shape index (κ3) is 3.71.